The number of carboxylic acid groups (broad SMARTS) is 1. The number of carboxylic acids is 1. The lowest BCUT2D eigenvalue weighted by molar-refractivity contribution is -0.141. The van der Waals surface area contributed by atoms with Gasteiger partial charge in [-0.05, 0) is 12.1 Å². The van der Waals surface area contributed by atoms with E-state index in [4.69, 9.17) is 9.84 Å². The number of benzene rings is 1. The van der Waals surface area contributed by atoms with E-state index in [1.165, 1.54) is 24.1 Å². The standard InChI is InChI=1S/C13H15NO5/c1-19-11-5-10(15)3-2-8(11)6-14-7-9(13(17)18)4-12(14)16/h2-3,5,9,15H,4,6-7H2,1H3,(H,17,18). The van der Waals surface area contributed by atoms with Gasteiger partial charge in [0.1, 0.15) is 11.5 Å². The molecule has 1 atom stereocenters. The molecule has 1 amide bonds. The SMILES string of the molecule is COc1cc(O)ccc1CN1CC(C(=O)O)CC1=O. The Hall–Kier alpha value is -2.24. The van der Waals surface area contributed by atoms with Crippen LogP contribution in [0.25, 0.3) is 0 Å². The summed E-state index contributed by atoms with van der Waals surface area (Å²) in [6.07, 6.45) is 0.0374. The molecule has 1 heterocycles. The van der Waals surface area contributed by atoms with Crippen molar-refractivity contribution in [1.82, 2.24) is 4.90 Å². The van der Waals surface area contributed by atoms with Crippen LogP contribution in [0.2, 0.25) is 0 Å². The number of aromatic hydroxyl groups is 1. The predicted molar refractivity (Wildman–Crippen MR) is 65.8 cm³/mol. The average molecular weight is 265 g/mol. The van der Waals surface area contributed by atoms with E-state index < -0.39 is 11.9 Å². The Kier molecular flexibility index (Phi) is 3.59. The molecule has 2 N–H and O–H groups in total. The number of likely N-dealkylation sites (tertiary alicyclic amines) is 1. The number of nitrogens with zero attached hydrogens (tertiary/aromatic N) is 1. The lowest BCUT2D eigenvalue weighted by atomic mass is 10.1. The van der Waals surface area contributed by atoms with E-state index >= 15 is 0 Å². The van der Waals surface area contributed by atoms with Crippen molar-refractivity contribution in [2.75, 3.05) is 13.7 Å². The molecule has 1 aliphatic rings. The molecule has 1 saturated heterocycles. The normalized spacial score (nSPS) is 18.7. The molecule has 0 spiro atoms. The quantitative estimate of drug-likeness (QED) is 0.842. The molecular weight excluding hydrogens is 250 g/mol. The molecule has 1 aromatic rings. The first-order valence-electron chi connectivity index (χ1n) is 5.87. The van der Waals surface area contributed by atoms with Gasteiger partial charge in [-0.25, -0.2) is 0 Å². The summed E-state index contributed by atoms with van der Waals surface area (Å²) in [5, 5.41) is 18.3. The minimum Gasteiger partial charge on any atom is -0.508 e. The van der Waals surface area contributed by atoms with E-state index in [2.05, 4.69) is 0 Å². The summed E-state index contributed by atoms with van der Waals surface area (Å²) >= 11 is 0. The zero-order valence-electron chi connectivity index (χ0n) is 10.5. The molecule has 6 nitrogen and oxygen atoms in total. The first-order valence-corrected chi connectivity index (χ1v) is 5.87. The van der Waals surface area contributed by atoms with Crippen molar-refractivity contribution in [2.45, 2.75) is 13.0 Å². The van der Waals surface area contributed by atoms with Gasteiger partial charge in [0.25, 0.3) is 0 Å². The Morgan fingerprint density at radius 3 is 2.84 bits per heavy atom. The monoisotopic (exact) mass is 265 g/mol. The van der Waals surface area contributed by atoms with Crippen molar-refractivity contribution in [2.24, 2.45) is 5.92 Å². The van der Waals surface area contributed by atoms with Crippen molar-refractivity contribution < 1.29 is 24.5 Å². The Morgan fingerprint density at radius 1 is 1.53 bits per heavy atom. The number of ether oxygens (including phenoxy) is 1. The maximum Gasteiger partial charge on any atom is 0.308 e. The van der Waals surface area contributed by atoms with Crippen LogP contribution in [0.15, 0.2) is 18.2 Å². The van der Waals surface area contributed by atoms with Gasteiger partial charge in [0.05, 0.1) is 13.0 Å². The third-order valence-corrected chi connectivity index (χ3v) is 3.20. The molecule has 102 valence electrons. The smallest absolute Gasteiger partial charge is 0.308 e. The molecule has 0 saturated carbocycles. The lowest BCUT2D eigenvalue weighted by Gasteiger charge is -2.18. The van der Waals surface area contributed by atoms with Gasteiger partial charge in [-0.2, -0.15) is 0 Å². The van der Waals surface area contributed by atoms with E-state index in [0.717, 1.165) is 5.56 Å². The molecule has 0 radical (unpaired) electrons. The minimum absolute atomic E-state index is 0.0374. The van der Waals surface area contributed by atoms with Crippen LogP contribution >= 0.6 is 0 Å². The van der Waals surface area contributed by atoms with Crippen molar-refractivity contribution >= 4 is 11.9 Å². The maximum absolute atomic E-state index is 11.7. The number of hydrogen-bond donors (Lipinski definition) is 2. The van der Waals surface area contributed by atoms with Gasteiger partial charge in [0, 0.05) is 31.1 Å². The van der Waals surface area contributed by atoms with Crippen molar-refractivity contribution in [3.05, 3.63) is 23.8 Å². The van der Waals surface area contributed by atoms with Crippen LogP contribution in [0.1, 0.15) is 12.0 Å². The van der Waals surface area contributed by atoms with Crippen LogP contribution in [0.5, 0.6) is 11.5 Å². The lowest BCUT2D eigenvalue weighted by Crippen LogP contribution is -2.26. The van der Waals surface area contributed by atoms with Crippen LogP contribution in [-0.2, 0) is 16.1 Å². The third-order valence-electron chi connectivity index (χ3n) is 3.20. The molecule has 6 heteroatoms. The van der Waals surface area contributed by atoms with Crippen molar-refractivity contribution in [1.29, 1.82) is 0 Å². The molecule has 1 aromatic carbocycles. The number of methoxy groups -OCH3 is 1. The van der Waals surface area contributed by atoms with E-state index in [0.29, 0.717) is 5.75 Å². The number of phenolic OH excluding ortho intramolecular Hbond substituents is 1. The minimum atomic E-state index is -0.950. The van der Waals surface area contributed by atoms with Crippen LogP contribution in [0, 0.1) is 5.92 Å². The highest BCUT2D eigenvalue weighted by Gasteiger charge is 2.34. The van der Waals surface area contributed by atoms with Gasteiger partial charge in [-0.15, -0.1) is 0 Å². The van der Waals surface area contributed by atoms with Gasteiger partial charge >= 0.3 is 5.97 Å². The van der Waals surface area contributed by atoms with Crippen LogP contribution < -0.4 is 4.74 Å². The van der Waals surface area contributed by atoms with Gasteiger partial charge in [-0.3, -0.25) is 9.59 Å². The van der Waals surface area contributed by atoms with Gasteiger partial charge < -0.3 is 19.8 Å². The fourth-order valence-corrected chi connectivity index (χ4v) is 2.16. The fourth-order valence-electron chi connectivity index (χ4n) is 2.16. The second-order valence-corrected chi connectivity index (χ2v) is 4.51. The highest BCUT2D eigenvalue weighted by Crippen LogP contribution is 2.27. The summed E-state index contributed by atoms with van der Waals surface area (Å²) in [6.45, 7) is 0.490. The number of amides is 1. The summed E-state index contributed by atoms with van der Waals surface area (Å²) in [7, 11) is 1.48. The van der Waals surface area contributed by atoms with E-state index in [9.17, 15) is 14.7 Å². The predicted octanol–water partition coefficient (Wildman–Crippen LogP) is 0.834. The molecule has 0 aromatic heterocycles. The van der Waals surface area contributed by atoms with Crippen molar-refractivity contribution in [3.63, 3.8) is 0 Å². The van der Waals surface area contributed by atoms with Gasteiger partial charge in [-0.1, -0.05) is 0 Å². The van der Waals surface area contributed by atoms with Gasteiger partial charge in [0.15, 0.2) is 0 Å². The fraction of sp³-hybridized carbons (Fsp3) is 0.385. The zero-order chi connectivity index (χ0) is 14.0. The Labute approximate surface area is 110 Å². The number of rotatable bonds is 4. The molecule has 0 bridgehead atoms. The second-order valence-electron chi connectivity index (χ2n) is 4.51. The Bertz CT molecular complexity index is 514. The topological polar surface area (TPSA) is 87.1 Å². The summed E-state index contributed by atoms with van der Waals surface area (Å²) in [5.41, 5.74) is 0.736. The molecule has 1 unspecified atom stereocenters. The Morgan fingerprint density at radius 2 is 2.26 bits per heavy atom. The summed E-state index contributed by atoms with van der Waals surface area (Å²) in [4.78, 5) is 24.1. The number of phenols is 1. The average Bonchev–Trinajstić information content (AvgIpc) is 2.73. The zero-order valence-corrected chi connectivity index (χ0v) is 10.5. The number of carbonyl (C=O) groups is 2. The van der Waals surface area contributed by atoms with Crippen LogP contribution in [-0.4, -0.2) is 40.6 Å². The van der Waals surface area contributed by atoms with Crippen molar-refractivity contribution in [3.8, 4) is 11.5 Å². The molecule has 2 rings (SSSR count). The Balaban J connectivity index is 2.13. The summed E-state index contributed by atoms with van der Waals surface area (Å²) < 4.78 is 5.13. The van der Waals surface area contributed by atoms with E-state index in [-0.39, 0.29) is 31.2 Å². The highest BCUT2D eigenvalue weighted by atomic mass is 16.5. The number of carbonyl (C=O) groups excluding carboxylic acids is 1. The van der Waals surface area contributed by atoms with Crippen LogP contribution in [0.3, 0.4) is 0 Å². The second kappa shape index (κ2) is 5.17. The van der Waals surface area contributed by atoms with Crippen LogP contribution in [0.4, 0.5) is 0 Å². The number of aliphatic carboxylic acids is 1. The third kappa shape index (κ3) is 2.78. The molecule has 0 aliphatic carbocycles. The summed E-state index contributed by atoms with van der Waals surface area (Å²) in [6, 6.07) is 4.63. The van der Waals surface area contributed by atoms with Gasteiger partial charge in [0.2, 0.25) is 5.91 Å². The first-order chi connectivity index (χ1) is 9.01. The highest BCUT2D eigenvalue weighted by molar-refractivity contribution is 5.86. The molecular formula is C13H15NO5. The largest absolute Gasteiger partial charge is 0.508 e. The molecule has 19 heavy (non-hydrogen) atoms. The summed E-state index contributed by atoms with van der Waals surface area (Å²) in [5.74, 6) is -1.21. The molecule has 1 fully saturated rings. The first kappa shape index (κ1) is 13.2. The number of hydrogen-bond acceptors (Lipinski definition) is 4. The molecule has 1 aliphatic heterocycles. The van der Waals surface area contributed by atoms with E-state index in [1.54, 1.807) is 6.07 Å². The van der Waals surface area contributed by atoms with E-state index in [1.807, 2.05) is 0 Å². The maximum atomic E-state index is 11.7.